The second kappa shape index (κ2) is 21.1. The maximum Gasteiger partial charge on any atom is 0.463 e. The Bertz CT molecular complexity index is 2860. The zero-order valence-corrected chi connectivity index (χ0v) is 43.9. The number of hydrogen-bond donors (Lipinski definition) is 0. The largest absolute Gasteiger partial charge is 0.463 e. The molecule has 0 amide bonds. The average molecular weight is 1040 g/mol. The topological polar surface area (TPSA) is 226 Å². The fourth-order valence-electron chi connectivity index (χ4n) is 6.45. The smallest absolute Gasteiger partial charge is 0.395 e. The molecular weight excluding hydrogens is 996 g/mol. The zero-order valence-electron chi connectivity index (χ0n) is 40.3. The van der Waals surface area contributed by atoms with Crippen LogP contribution in [0.15, 0.2) is 165 Å². The van der Waals surface area contributed by atoms with Gasteiger partial charge in [0.2, 0.25) is 47.0 Å². The molecule has 9 heterocycles. The lowest BCUT2D eigenvalue weighted by atomic mass is 10.3. The molecule has 8 aromatic heterocycles. The molecule has 20 nitrogen and oxygen atoms in total. The van der Waals surface area contributed by atoms with Crippen LogP contribution in [0.3, 0.4) is 0 Å². The van der Waals surface area contributed by atoms with E-state index in [0.717, 1.165) is 44.5 Å². The summed E-state index contributed by atoms with van der Waals surface area (Å²) in [5, 5.41) is 0. The lowest BCUT2D eigenvalue weighted by molar-refractivity contribution is 0.425. The molecule has 0 fully saturated rings. The van der Waals surface area contributed by atoms with Gasteiger partial charge in [-0.2, -0.15) is 0 Å². The highest BCUT2D eigenvalue weighted by atomic mass is 31.3. The number of hydrogen-bond acceptors (Lipinski definition) is 20. The Kier molecular flexibility index (Phi) is 14.5. The van der Waals surface area contributed by atoms with Crippen molar-refractivity contribution in [3.05, 3.63) is 191 Å². The molecule has 0 atom stereocenters. The normalized spacial score (nSPS) is 15.0. The van der Waals surface area contributed by atoms with E-state index in [2.05, 4.69) is 39.9 Å². The molecule has 8 aromatic rings. The molecule has 1 aliphatic rings. The SMILES string of the molecule is Cc1ccnc(OP2(Oc3cc(C)ccn3)=NP(Oc3cc(C)ccn3)(Oc3cc(C)ccn3)=NP(Oc3cc(C)ccn3)(Oc3cc(C)ccn3)=NP(Oc3cc(C)ccn3)(Oc3cc(C)ccn3)=N2)c1. The Labute approximate surface area is 416 Å². The first-order valence-electron chi connectivity index (χ1n) is 22.1. The van der Waals surface area contributed by atoms with Crippen LogP contribution in [-0.4, -0.2) is 39.9 Å². The van der Waals surface area contributed by atoms with Crippen LogP contribution in [-0.2, 0) is 0 Å². The van der Waals surface area contributed by atoms with Crippen LogP contribution in [0.1, 0.15) is 44.5 Å². The minimum Gasteiger partial charge on any atom is -0.395 e. The van der Waals surface area contributed by atoms with Crippen molar-refractivity contribution in [2.75, 3.05) is 0 Å². The molecule has 0 unspecified atom stereocenters. The van der Waals surface area contributed by atoms with E-state index >= 15 is 0 Å². The molecule has 72 heavy (non-hydrogen) atoms. The van der Waals surface area contributed by atoms with Gasteiger partial charge in [-0.3, -0.25) is 0 Å². The van der Waals surface area contributed by atoms with Crippen molar-refractivity contribution in [3.63, 3.8) is 0 Å². The van der Waals surface area contributed by atoms with E-state index < -0.39 is 30.6 Å². The molecule has 368 valence electrons. The zero-order chi connectivity index (χ0) is 50.4. The van der Waals surface area contributed by atoms with Gasteiger partial charge in [0, 0.05) is 98.1 Å². The lowest BCUT2D eigenvalue weighted by Crippen LogP contribution is -2.12. The number of rotatable bonds is 16. The summed E-state index contributed by atoms with van der Waals surface area (Å²) in [6.07, 6.45) is 12.5. The molecule has 0 saturated carbocycles. The van der Waals surface area contributed by atoms with Gasteiger partial charge in [-0.1, -0.05) is 18.1 Å². The van der Waals surface area contributed by atoms with Gasteiger partial charge in [-0.05, 0) is 148 Å². The molecule has 0 bridgehead atoms. The van der Waals surface area contributed by atoms with Crippen LogP contribution >= 0.6 is 30.6 Å². The van der Waals surface area contributed by atoms with Gasteiger partial charge in [-0.25, -0.2) is 39.9 Å². The highest BCUT2D eigenvalue weighted by Crippen LogP contribution is 2.79. The van der Waals surface area contributed by atoms with Crippen molar-refractivity contribution in [1.29, 1.82) is 0 Å². The van der Waals surface area contributed by atoms with Crippen LogP contribution in [0.2, 0.25) is 0 Å². The van der Waals surface area contributed by atoms with Gasteiger partial charge in [0.1, 0.15) is 0 Å². The van der Waals surface area contributed by atoms with E-state index in [1.807, 2.05) is 55.4 Å². The predicted molar refractivity (Wildman–Crippen MR) is 274 cm³/mol. The Morgan fingerprint density at radius 1 is 0.222 bits per heavy atom. The third-order valence-corrected chi connectivity index (χ3v) is 20.4. The average Bonchev–Trinajstić information content (AvgIpc) is 3.28. The highest BCUT2D eigenvalue weighted by molar-refractivity contribution is 7.79. The third-order valence-electron chi connectivity index (χ3n) is 9.73. The second-order valence-electron chi connectivity index (χ2n) is 16.4. The van der Waals surface area contributed by atoms with Gasteiger partial charge in [0.05, 0.1) is 0 Å². The number of nitrogens with zero attached hydrogens (tertiary/aromatic N) is 12. The molecule has 0 spiro atoms. The summed E-state index contributed by atoms with van der Waals surface area (Å²) in [6.45, 7) is 15.0. The Balaban J connectivity index is 1.52. The highest BCUT2D eigenvalue weighted by Gasteiger charge is 2.50. The number of pyridine rings is 8. The van der Waals surface area contributed by atoms with Gasteiger partial charge in [0.15, 0.2) is 0 Å². The van der Waals surface area contributed by atoms with E-state index in [9.17, 15) is 0 Å². The van der Waals surface area contributed by atoms with E-state index in [4.69, 9.17) is 54.3 Å². The summed E-state index contributed by atoms with van der Waals surface area (Å²) in [6, 6.07) is 27.9. The molecule has 0 saturated heterocycles. The van der Waals surface area contributed by atoms with E-state index in [0.29, 0.717) is 0 Å². The molecule has 0 N–H and O–H groups in total. The van der Waals surface area contributed by atoms with Crippen molar-refractivity contribution >= 4 is 30.6 Å². The quantitative estimate of drug-likeness (QED) is 0.0820. The summed E-state index contributed by atoms with van der Waals surface area (Å²) in [5.41, 5.74) is 6.22. The van der Waals surface area contributed by atoms with E-state index in [1.165, 1.54) is 0 Å². The van der Waals surface area contributed by atoms with E-state index in [1.54, 1.807) is 147 Å². The monoisotopic (exact) mass is 1040 g/mol. The minimum atomic E-state index is -4.72. The molecule has 0 aromatic carbocycles. The first-order chi connectivity index (χ1) is 34.6. The molecule has 0 radical (unpaired) electrons. The van der Waals surface area contributed by atoms with E-state index in [-0.39, 0.29) is 47.0 Å². The first-order valence-corrected chi connectivity index (χ1v) is 28.3. The number of aromatic nitrogens is 8. The molecule has 9 rings (SSSR count). The first kappa shape index (κ1) is 49.5. The van der Waals surface area contributed by atoms with Crippen LogP contribution in [0.4, 0.5) is 0 Å². The van der Waals surface area contributed by atoms with Crippen LogP contribution < -0.4 is 36.2 Å². The lowest BCUT2D eigenvalue weighted by Gasteiger charge is -2.32. The van der Waals surface area contributed by atoms with Gasteiger partial charge < -0.3 is 36.2 Å². The summed E-state index contributed by atoms with van der Waals surface area (Å²) in [5.74, 6) is 0.159. The van der Waals surface area contributed by atoms with Gasteiger partial charge >= 0.3 is 30.6 Å². The minimum absolute atomic E-state index is 0.0199. The Morgan fingerprint density at radius 3 is 0.458 bits per heavy atom. The summed E-state index contributed by atoms with van der Waals surface area (Å²) >= 11 is 0. The van der Waals surface area contributed by atoms with Crippen molar-refractivity contribution in [3.8, 4) is 47.0 Å². The van der Waals surface area contributed by atoms with Crippen molar-refractivity contribution in [2.45, 2.75) is 55.4 Å². The van der Waals surface area contributed by atoms with Gasteiger partial charge in [0.25, 0.3) is 0 Å². The second-order valence-corrected chi connectivity index (χ2v) is 24.7. The molecular formula is C48H48N12O8P4. The number of aryl methyl sites for hydroxylation is 8. The van der Waals surface area contributed by atoms with Gasteiger partial charge in [-0.15, -0.1) is 0 Å². The molecule has 1 aliphatic heterocycles. The summed E-state index contributed by atoms with van der Waals surface area (Å²) in [4.78, 5) is 36.8. The van der Waals surface area contributed by atoms with Crippen LogP contribution in [0.25, 0.3) is 0 Å². The van der Waals surface area contributed by atoms with Crippen molar-refractivity contribution in [1.82, 2.24) is 39.9 Å². The third kappa shape index (κ3) is 12.7. The summed E-state index contributed by atoms with van der Waals surface area (Å²) in [7, 11) is -18.9. The van der Waals surface area contributed by atoms with Crippen molar-refractivity contribution < 1.29 is 36.2 Å². The molecule has 0 aliphatic carbocycles. The maximum absolute atomic E-state index is 7.04. The maximum atomic E-state index is 7.04. The Hall–Kier alpha value is -7.48. The fraction of sp³-hybridized carbons (Fsp3) is 0.167. The Morgan fingerprint density at radius 2 is 0.347 bits per heavy atom. The van der Waals surface area contributed by atoms with Crippen molar-refractivity contribution in [2.24, 2.45) is 18.1 Å². The predicted octanol–water partition coefficient (Wildman–Crippen LogP) is 14.0. The molecule has 24 heteroatoms. The van der Waals surface area contributed by atoms with Crippen LogP contribution in [0, 0.1) is 55.4 Å². The summed E-state index contributed by atoms with van der Waals surface area (Å²) < 4.78 is 78.2. The standard InChI is InChI=1S/C48H48N12O8P4/c1-33-9-17-49-41(25-33)61-69(62-42-26-34(2)10-18-50-42)57-70(63-43-27-35(3)11-19-51-43,64-44-28-36(4)12-20-52-44)59-72(67-47-31-39(7)15-23-55-47,68-48-32-40(8)16-24-56-48)60-71(58-69,65-45-29-37(5)13-21-53-45)66-46-30-38(6)14-22-54-46/h9-32H,1-8H3. The van der Waals surface area contributed by atoms with Crippen LogP contribution in [0.5, 0.6) is 47.0 Å². The fourth-order valence-corrected chi connectivity index (χ4v) is 18.1.